The molecular weight excluding hydrogens is 252 g/mol. The summed E-state index contributed by atoms with van der Waals surface area (Å²) < 4.78 is 10.4. The topological polar surface area (TPSA) is 96.9 Å². The van der Waals surface area contributed by atoms with Crippen molar-refractivity contribution in [1.82, 2.24) is 10.6 Å². The Morgan fingerprint density at radius 3 is 2.79 bits per heavy atom. The van der Waals surface area contributed by atoms with Gasteiger partial charge in [-0.1, -0.05) is 13.8 Å². The van der Waals surface area contributed by atoms with E-state index < -0.39 is 24.0 Å². The molecule has 2 amide bonds. The van der Waals surface area contributed by atoms with Gasteiger partial charge in [-0.3, -0.25) is 4.79 Å². The van der Waals surface area contributed by atoms with Gasteiger partial charge in [-0.05, 0) is 5.92 Å². The van der Waals surface area contributed by atoms with E-state index in [0.29, 0.717) is 25.7 Å². The Morgan fingerprint density at radius 1 is 1.42 bits per heavy atom. The van der Waals surface area contributed by atoms with Crippen molar-refractivity contribution in [3.63, 3.8) is 0 Å². The molecular formula is C12H22N2O5. The molecule has 110 valence electrons. The summed E-state index contributed by atoms with van der Waals surface area (Å²) in [6, 6.07) is -0.871. The number of aliphatic carboxylic acids is 1. The lowest BCUT2D eigenvalue weighted by Gasteiger charge is -2.16. The summed E-state index contributed by atoms with van der Waals surface area (Å²) in [5.41, 5.74) is 0. The van der Waals surface area contributed by atoms with Crippen molar-refractivity contribution in [2.75, 3.05) is 33.0 Å². The van der Waals surface area contributed by atoms with Crippen LogP contribution in [0, 0.1) is 11.8 Å². The summed E-state index contributed by atoms with van der Waals surface area (Å²) in [4.78, 5) is 22.4. The Hall–Kier alpha value is -1.34. The fourth-order valence-corrected chi connectivity index (χ4v) is 1.72. The zero-order valence-corrected chi connectivity index (χ0v) is 11.3. The smallest absolute Gasteiger partial charge is 0.315 e. The highest BCUT2D eigenvalue weighted by molar-refractivity contribution is 5.77. The minimum absolute atomic E-state index is 0.137. The van der Waals surface area contributed by atoms with Crippen molar-refractivity contribution < 1.29 is 24.2 Å². The number of carbonyl (C=O) groups is 2. The monoisotopic (exact) mass is 274 g/mol. The van der Waals surface area contributed by atoms with Gasteiger partial charge in [-0.2, -0.15) is 0 Å². The van der Waals surface area contributed by atoms with E-state index in [9.17, 15) is 9.59 Å². The van der Waals surface area contributed by atoms with Gasteiger partial charge < -0.3 is 25.2 Å². The molecule has 2 atom stereocenters. The second kappa shape index (κ2) is 7.96. The van der Waals surface area contributed by atoms with E-state index in [2.05, 4.69) is 10.6 Å². The molecule has 0 aromatic rings. The number of nitrogens with one attached hydrogen (secondary N) is 2. The summed E-state index contributed by atoms with van der Waals surface area (Å²) in [7, 11) is 0. The quantitative estimate of drug-likeness (QED) is 0.570. The number of hydrogen-bond acceptors (Lipinski definition) is 4. The number of amides is 2. The number of carboxylic acid groups (broad SMARTS) is 1. The van der Waals surface area contributed by atoms with Crippen LogP contribution in [0.2, 0.25) is 0 Å². The molecule has 1 aliphatic rings. The van der Waals surface area contributed by atoms with Crippen LogP contribution in [0.1, 0.15) is 13.8 Å². The third kappa shape index (κ3) is 5.89. The zero-order chi connectivity index (χ0) is 14.3. The Morgan fingerprint density at radius 2 is 2.16 bits per heavy atom. The number of rotatable bonds is 7. The molecule has 0 aromatic carbocycles. The highest BCUT2D eigenvalue weighted by atomic mass is 16.5. The average Bonchev–Trinajstić information content (AvgIpc) is 2.76. The molecule has 7 heteroatoms. The molecule has 7 nitrogen and oxygen atoms in total. The molecule has 1 saturated heterocycles. The molecule has 2 unspecified atom stereocenters. The Kier molecular flexibility index (Phi) is 6.58. The van der Waals surface area contributed by atoms with Crippen molar-refractivity contribution in [3.05, 3.63) is 0 Å². The van der Waals surface area contributed by atoms with Gasteiger partial charge in [0.1, 0.15) is 5.92 Å². The summed E-state index contributed by atoms with van der Waals surface area (Å²) >= 11 is 0. The Balaban J connectivity index is 2.15. The standard InChI is InChI=1S/C12H22N2O5/c1-8(2)5-18-4-3-13-12(17)14-10-7-19-6-9(10)11(15)16/h8-10H,3-7H2,1-2H3,(H,15,16)(H2,13,14,17). The van der Waals surface area contributed by atoms with Crippen LogP contribution >= 0.6 is 0 Å². The SMILES string of the molecule is CC(C)COCCNC(=O)NC1COCC1C(=O)O. The van der Waals surface area contributed by atoms with Crippen LogP contribution in [-0.4, -0.2) is 56.1 Å². The first-order chi connectivity index (χ1) is 9.00. The number of urea groups is 1. The van der Waals surface area contributed by atoms with Crippen molar-refractivity contribution in [2.24, 2.45) is 11.8 Å². The summed E-state index contributed by atoms with van der Waals surface area (Å²) in [5.74, 6) is -1.17. The number of carboxylic acids is 1. The molecule has 19 heavy (non-hydrogen) atoms. The van der Waals surface area contributed by atoms with Crippen LogP contribution in [0.25, 0.3) is 0 Å². The molecule has 0 aliphatic carbocycles. The largest absolute Gasteiger partial charge is 0.481 e. The van der Waals surface area contributed by atoms with Crippen LogP contribution in [0.15, 0.2) is 0 Å². The highest BCUT2D eigenvalue weighted by Gasteiger charge is 2.34. The molecule has 1 rings (SSSR count). The van der Waals surface area contributed by atoms with Gasteiger partial charge in [-0.15, -0.1) is 0 Å². The Bertz CT molecular complexity index is 308. The highest BCUT2D eigenvalue weighted by Crippen LogP contribution is 2.13. The third-order valence-corrected chi connectivity index (χ3v) is 2.70. The lowest BCUT2D eigenvalue weighted by molar-refractivity contribution is -0.142. The zero-order valence-electron chi connectivity index (χ0n) is 11.3. The molecule has 1 fully saturated rings. The summed E-state index contributed by atoms with van der Waals surface area (Å²) in [6.07, 6.45) is 0. The summed E-state index contributed by atoms with van der Waals surface area (Å²) in [6.45, 7) is 5.95. The van der Waals surface area contributed by atoms with E-state index in [1.165, 1.54) is 0 Å². The molecule has 0 saturated carbocycles. The van der Waals surface area contributed by atoms with E-state index in [1.54, 1.807) is 0 Å². The molecule has 1 heterocycles. The van der Waals surface area contributed by atoms with E-state index >= 15 is 0 Å². The third-order valence-electron chi connectivity index (χ3n) is 2.70. The maximum atomic E-state index is 11.5. The van der Waals surface area contributed by atoms with E-state index in [-0.39, 0.29) is 13.2 Å². The van der Waals surface area contributed by atoms with Crippen LogP contribution in [-0.2, 0) is 14.3 Å². The van der Waals surface area contributed by atoms with E-state index in [0.717, 1.165) is 0 Å². The fraction of sp³-hybridized carbons (Fsp3) is 0.833. The second-order valence-corrected chi connectivity index (χ2v) is 4.96. The number of carbonyl (C=O) groups excluding carboxylic acids is 1. The molecule has 1 aliphatic heterocycles. The van der Waals surface area contributed by atoms with Crippen LogP contribution in [0.3, 0.4) is 0 Å². The van der Waals surface area contributed by atoms with Gasteiger partial charge >= 0.3 is 12.0 Å². The fourth-order valence-electron chi connectivity index (χ4n) is 1.72. The second-order valence-electron chi connectivity index (χ2n) is 4.96. The molecule has 0 spiro atoms. The van der Waals surface area contributed by atoms with Gasteiger partial charge in [0.05, 0.1) is 25.9 Å². The van der Waals surface area contributed by atoms with Crippen LogP contribution in [0.5, 0.6) is 0 Å². The summed E-state index contributed by atoms with van der Waals surface area (Å²) in [5, 5.41) is 14.1. The lowest BCUT2D eigenvalue weighted by atomic mass is 10.0. The maximum Gasteiger partial charge on any atom is 0.315 e. The first kappa shape index (κ1) is 15.7. The van der Waals surface area contributed by atoms with Crippen molar-refractivity contribution in [3.8, 4) is 0 Å². The maximum absolute atomic E-state index is 11.5. The van der Waals surface area contributed by atoms with Crippen molar-refractivity contribution >= 4 is 12.0 Å². The number of hydrogen-bond donors (Lipinski definition) is 3. The van der Waals surface area contributed by atoms with Gasteiger partial charge in [-0.25, -0.2) is 4.79 Å². The van der Waals surface area contributed by atoms with E-state index in [1.807, 2.05) is 13.8 Å². The minimum atomic E-state index is -0.955. The minimum Gasteiger partial charge on any atom is -0.481 e. The van der Waals surface area contributed by atoms with Gasteiger partial charge in [0.15, 0.2) is 0 Å². The average molecular weight is 274 g/mol. The van der Waals surface area contributed by atoms with Crippen molar-refractivity contribution in [2.45, 2.75) is 19.9 Å². The van der Waals surface area contributed by atoms with Crippen LogP contribution < -0.4 is 10.6 Å². The van der Waals surface area contributed by atoms with Gasteiger partial charge in [0.25, 0.3) is 0 Å². The van der Waals surface area contributed by atoms with Crippen LogP contribution in [0.4, 0.5) is 4.79 Å². The molecule has 0 bridgehead atoms. The molecule has 0 radical (unpaired) electrons. The van der Waals surface area contributed by atoms with Gasteiger partial charge in [0, 0.05) is 13.2 Å². The molecule has 3 N–H and O–H groups in total. The first-order valence-corrected chi connectivity index (χ1v) is 6.43. The predicted molar refractivity (Wildman–Crippen MR) is 67.9 cm³/mol. The molecule has 0 aromatic heterocycles. The Labute approximate surface area is 112 Å². The van der Waals surface area contributed by atoms with Gasteiger partial charge in [0.2, 0.25) is 0 Å². The first-order valence-electron chi connectivity index (χ1n) is 6.43. The lowest BCUT2D eigenvalue weighted by Crippen LogP contribution is -2.47. The predicted octanol–water partition coefficient (Wildman–Crippen LogP) is 0.0578. The van der Waals surface area contributed by atoms with Crippen molar-refractivity contribution in [1.29, 1.82) is 0 Å². The number of ether oxygens (including phenoxy) is 2. The normalized spacial score (nSPS) is 22.5. The van der Waals surface area contributed by atoms with E-state index in [4.69, 9.17) is 14.6 Å².